The van der Waals surface area contributed by atoms with Gasteiger partial charge >= 0.3 is 6.18 Å². The maximum atomic E-state index is 13.7. The molecule has 172 valence electrons. The average molecular weight is 483 g/mol. The number of ether oxygens (including phenoxy) is 2. The number of halogens is 6. The van der Waals surface area contributed by atoms with Crippen LogP contribution < -0.4 is 10.1 Å². The molecule has 10 heteroatoms. The van der Waals surface area contributed by atoms with E-state index in [1.807, 2.05) is 24.3 Å². The van der Waals surface area contributed by atoms with Gasteiger partial charge in [-0.1, -0.05) is 18.2 Å². The predicted octanol–water partition coefficient (Wildman–Crippen LogP) is 4.61. The van der Waals surface area contributed by atoms with Crippen LogP contribution in [0.25, 0.3) is 0 Å². The van der Waals surface area contributed by atoms with E-state index in [4.69, 9.17) is 9.47 Å². The lowest BCUT2D eigenvalue weighted by Crippen LogP contribution is -2.51. The first-order chi connectivity index (χ1) is 13.9. The number of hydrogen-bond donors (Lipinski definition) is 1. The molecule has 2 aliphatic heterocycles. The first-order valence-corrected chi connectivity index (χ1v) is 9.56. The predicted molar refractivity (Wildman–Crippen MR) is 114 cm³/mol. The molecule has 4 rings (SSSR count). The van der Waals surface area contributed by atoms with E-state index in [9.17, 15) is 17.6 Å². The Bertz CT molecular complexity index is 864. The van der Waals surface area contributed by atoms with E-state index < -0.39 is 17.6 Å². The van der Waals surface area contributed by atoms with Crippen molar-refractivity contribution in [2.45, 2.75) is 24.9 Å². The average Bonchev–Trinajstić information content (AvgIpc) is 2.71. The number of para-hydroxylation sites is 1. The molecule has 2 unspecified atom stereocenters. The Morgan fingerprint density at radius 2 is 1.77 bits per heavy atom. The van der Waals surface area contributed by atoms with E-state index in [1.54, 1.807) is 0 Å². The van der Waals surface area contributed by atoms with Crippen molar-refractivity contribution in [3.05, 3.63) is 65.0 Å². The SMILES string of the molecule is Cl.Cl.Fc1cc(COC2COc3ccccc3C2N2CCNCC2)cc(C(F)(F)F)c1. The van der Waals surface area contributed by atoms with Crippen LogP contribution in [0, 0.1) is 5.82 Å². The Labute approximate surface area is 190 Å². The van der Waals surface area contributed by atoms with Crippen molar-refractivity contribution < 1.29 is 27.0 Å². The van der Waals surface area contributed by atoms with Crippen LogP contribution in [-0.4, -0.2) is 43.8 Å². The molecule has 0 bridgehead atoms. The van der Waals surface area contributed by atoms with Gasteiger partial charge in [0.1, 0.15) is 24.3 Å². The molecule has 0 spiro atoms. The molecule has 1 fully saturated rings. The zero-order valence-corrected chi connectivity index (χ0v) is 18.2. The number of benzene rings is 2. The fourth-order valence-corrected chi connectivity index (χ4v) is 3.95. The van der Waals surface area contributed by atoms with Gasteiger partial charge in [0.05, 0.1) is 18.2 Å². The summed E-state index contributed by atoms with van der Waals surface area (Å²) in [7, 11) is 0. The molecular formula is C21H24Cl2F4N2O2. The van der Waals surface area contributed by atoms with Crippen LogP contribution in [0.3, 0.4) is 0 Å². The Kier molecular flexibility index (Phi) is 8.97. The molecule has 2 heterocycles. The van der Waals surface area contributed by atoms with Crippen molar-refractivity contribution in [2.24, 2.45) is 0 Å². The second-order valence-corrected chi connectivity index (χ2v) is 7.28. The summed E-state index contributed by atoms with van der Waals surface area (Å²) in [6.07, 6.45) is -4.98. The highest BCUT2D eigenvalue weighted by Gasteiger charge is 2.37. The largest absolute Gasteiger partial charge is 0.490 e. The Balaban J connectivity index is 0.00000171. The summed E-state index contributed by atoms with van der Waals surface area (Å²) in [6.45, 7) is 3.52. The number of hydrogen-bond acceptors (Lipinski definition) is 4. The minimum Gasteiger partial charge on any atom is -0.490 e. The number of rotatable bonds is 4. The summed E-state index contributed by atoms with van der Waals surface area (Å²) in [5.74, 6) is -0.136. The molecule has 31 heavy (non-hydrogen) atoms. The van der Waals surface area contributed by atoms with Gasteiger partial charge in [-0.05, 0) is 29.8 Å². The summed E-state index contributed by atoms with van der Waals surface area (Å²) >= 11 is 0. The van der Waals surface area contributed by atoms with Crippen LogP contribution in [-0.2, 0) is 17.5 Å². The summed E-state index contributed by atoms with van der Waals surface area (Å²) in [5, 5.41) is 3.32. The topological polar surface area (TPSA) is 33.7 Å². The second-order valence-electron chi connectivity index (χ2n) is 7.28. The summed E-state index contributed by atoms with van der Waals surface area (Å²) in [6, 6.07) is 10.2. The molecule has 4 nitrogen and oxygen atoms in total. The fraction of sp³-hybridized carbons (Fsp3) is 0.429. The van der Waals surface area contributed by atoms with Crippen molar-refractivity contribution >= 4 is 24.8 Å². The molecule has 1 saturated heterocycles. The second kappa shape index (κ2) is 10.8. The number of nitrogens with zero attached hydrogens (tertiary/aromatic N) is 1. The van der Waals surface area contributed by atoms with E-state index >= 15 is 0 Å². The van der Waals surface area contributed by atoms with Gasteiger partial charge in [-0.15, -0.1) is 24.8 Å². The quantitative estimate of drug-likeness (QED) is 0.645. The Hall–Kier alpha value is -1.58. The molecule has 0 aromatic heterocycles. The molecule has 1 N–H and O–H groups in total. The van der Waals surface area contributed by atoms with Gasteiger partial charge < -0.3 is 14.8 Å². The zero-order chi connectivity index (χ0) is 20.4. The van der Waals surface area contributed by atoms with E-state index in [0.29, 0.717) is 6.07 Å². The van der Waals surface area contributed by atoms with Crippen molar-refractivity contribution in [1.82, 2.24) is 10.2 Å². The molecule has 0 amide bonds. The summed E-state index contributed by atoms with van der Waals surface area (Å²) < 4.78 is 64.4. The molecule has 2 aromatic rings. The number of alkyl halides is 3. The van der Waals surface area contributed by atoms with Gasteiger partial charge in [0.2, 0.25) is 0 Å². The van der Waals surface area contributed by atoms with E-state index in [-0.39, 0.29) is 55.7 Å². The molecule has 2 atom stereocenters. The summed E-state index contributed by atoms with van der Waals surface area (Å²) in [5.41, 5.74) is 0.135. The van der Waals surface area contributed by atoms with Crippen LogP contribution in [0.4, 0.5) is 17.6 Å². The molecule has 0 saturated carbocycles. The van der Waals surface area contributed by atoms with Crippen molar-refractivity contribution in [2.75, 3.05) is 32.8 Å². The zero-order valence-electron chi connectivity index (χ0n) is 16.5. The third kappa shape index (κ3) is 6.02. The smallest absolute Gasteiger partial charge is 0.416 e. The van der Waals surface area contributed by atoms with Crippen LogP contribution in [0.15, 0.2) is 42.5 Å². The third-order valence-corrected chi connectivity index (χ3v) is 5.29. The highest BCUT2D eigenvalue weighted by atomic mass is 35.5. The van der Waals surface area contributed by atoms with Gasteiger partial charge in [-0.25, -0.2) is 4.39 Å². The molecule has 2 aromatic carbocycles. The molecule has 0 aliphatic carbocycles. The lowest BCUT2D eigenvalue weighted by atomic mass is 9.95. The minimum absolute atomic E-state index is 0. The number of fused-ring (bicyclic) bond motifs is 1. The van der Waals surface area contributed by atoms with E-state index in [0.717, 1.165) is 49.6 Å². The Morgan fingerprint density at radius 1 is 1.06 bits per heavy atom. The van der Waals surface area contributed by atoms with Gasteiger partial charge in [0.15, 0.2) is 0 Å². The van der Waals surface area contributed by atoms with Gasteiger partial charge in [0, 0.05) is 31.7 Å². The highest BCUT2D eigenvalue weighted by molar-refractivity contribution is 5.85. The monoisotopic (exact) mass is 482 g/mol. The minimum atomic E-state index is -4.60. The molecule has 0 radical (unpaired) electrons. The molecule has 2 aliphatic rings. The first-order valence-electron chi connectivity index (χ1n) is 9.56. The van der Waals surface area contributed by atoms with Crippen molar-refractivity contribution in [1.29, 1.82) is 0 Å². The summed E-state index contributed by atoms with van der Waals surface area (Å²) in [4.78, 5) is 2.30. The Morgan fingerprint density at radius 3 is 2.48 bits per heavy atom. The normalized spacial score (nSPS) is 21.3. The van der Waals surface area contributed by atoms with Gasteiger partial charge in [0.25, 0.3) is 0 Å². The van der Waals surface area contributed by atoms with Gasteiger partial charge in [-0.2, -0.15) is 13.2 Å². The first kappa shape index (κ1) is 25.7. The lowest BCUT2D eigenvalue weighted by Gasteiger charge is -2.42. The van der Waals surface area contributed by atoms with Crippen molar-refractivity contribution in [3.8, 4) is 5.75 Å². The third-order valence-electron chi connectivity index (χ3n) is 5.29. The molecular weight excluding hydrogens is 459 g/mol. The van der Waals surface area contributed by atoms with E-state index in [2.05, 4.69) is 10.2 Å². The van der Waals surface area contributed by atoms with Crippen LogP contribution in [0.2, 0.25) is 0 Å². The van der Waals surface area contributed by atoms with Crippen molar-refractivity contribution in [3.63, 3.8) is 0 Å². The van der Waals surface area contributed by atoms with E-state index in [1.165, 1.54) is 0 Å². The van der Waals surface area contributed by atoms with Crippen LogP contribution in [0.5, 0.6) is 5.75 Å². The maximum Gasteiger partial charge on any atom is 0.416 e. The van der Waals surface area contributed by atoms with Crippen LogP contribution >= 0.6 is 24.8 Å². The standard InChI is InChI=1S/C21H22F4N2O2.2ClH/c22-16-10-14(9-15(11-16)21(23,24)25)12-28-19-13-29-18-4-2-1-3-17(18)20(19)27-7-5-26-6-8-27;;/h1-4,9-11,19-20,26H,5-8,12-13H2;2*1H. The maximum absolute atomic E-state index is 13.7. The highest BCUT2D eigenvalue weighted by Crippen LogP contribution is 2.38. The fourth-order valence-electron chi connectivity index (χ4n) is 3.95. The number of piperazine rings is 1. The number of nitrogens with one attached hydrogen (secondary N) is 1. The lowest BCUT2D eigenvalue weighted by molar-refractivity contribution is -0.137. The van der Waals surface area contributed by atoms with Gasteiger partial charge in [-0.3, -0.25) is 4.90 Å². The van der Waals surface area contributed by atoms with Crippen LogP contribution in [0.1, 0.15) is 22.7 Å².